The first kappa shape index (κ1) is 13.7. The largest absolute Gasteiger partial charge is 0.481 e. The van der Waals surface area contributed by atoms with E-state index in [1.54, 1.807) is 6.07 Å². The zero-order valence-corrected chi connectivity index (χ0v) is 11.5. The molecule has 0 saturated heterocycles. The van der Waals surface area contributed by atoms with E-state index in [0.29, 0.717) is 23.7 Å². The summed E-state index contributed by atoms with van der Waals surface area (Å²) in [7, 11) is 0. The third-order valence-corrected chi connectivity index (χ3v) is 4.03. The molecule has 6 heteroatoms. The summed E-state index contributed by atoms with van der Waals surface area (Å²) < 4.78 is 18.6. The fraction of sp³-hybridized carbons (Fsp3) is 0.400. The predicted molar refractivity (Wildman–Crippen MR) is 72.1 cm³/mol. The summed E-state index contributed by atoms with van der Waals surface area (Å²) in [6.07, 6.45) is 2.18. The number of benzene rings is 1. The van der Waals surface area contributed by atoms with Crippen LogP contribution in [0.5, 0.6) is 0 Å². The summed E-state index contributed by atoms with van der Waals surface area (Å²) in [6, 6.07) is 4.38. The van der Waals surface area contributed by atoms with Gasteiger partial charge in [-0.15, -0.1) is 0 Å². The van der Waals surface area contributed by atoms with E-state index >= 15 is 0 Å². The molecular formula is C15H15FN2O3. The predicted octanol–water partition coefficient (Wildman–Crippen LogP) is 3.15. The van der Waals surface area contributed by atoms with Crippen LogP contribution in [0.25, 0.3) is 11.4 Å². The summed E-state index contributed by atoms with van der Waals surface area (Å²) in [5.74, 6) is -1.30. The molecule has 2 unspecified atom stereocenters. The van der Waals surface area contributed by atoms with Gasteiger partial charge in [-0.25, -0.2) is 4.39 Å². The summed E-state index contributed by atoms with van der Waals surface area (Å²) >= 11 is 0. The molecule has 3 rings (SSSR count). The number of nitrogens with zero attached hydrogens (tertiary/aromatic N) is 2. The second-order valence-electron chi connectivity index (χ2n) is 5.40. The topological polar surface area (TPSA) is 76.2 Å². The number of hydrogen-bond acceptors (Lipinski definition) is 4. The van der Waals surface area contributed by atoms with Crippen molar-refractivity contribution < 1.29 is 18.8 Å². The molecule has 1 aliphatic rings. The Morgan fingerprint density at radius 2 is 2.24 bits per heavy atom. The lowest BCUT2D eigenvalue weighted by atomic mass is 9.96. The highest BCUT2D eigenvalue weighted by Crippen LogP contribution is 2.39. The van der Waals surface area contributed by atoms with Crippen LogP contribution in [0.4, 0.5) is 4.39 Å². The average Bonchev–Trinajstić information content (AvgIpc) is 3.08. The van der Waals surface area contributed by atoms with Crippen molar-refractivity contribution in [1.29, 1.82) is 0 Å². The molecule has 1 N–H and O–H groups in total. The van der Waals surface area contributed by atoms with Crippen LogP contribution in [0.1, 0.15) is 36.6 Å². The van der Waals surface area contributed by atoms with Crippen molar-refractivity contribution in [1.82, 2.24) is 10.1 Å². The Morgan fingerprint density at radius 1 is 1.43 bits per heavy atom. The lowest BCUT2D eigenvalue weighted by molar-refractivity contribution is -0.142. The standard InChI is InChI=1S/C15H15FN2O3/c1-8-5-6-9(16)7-12(8)13-17-14(21-18-13)10-3-2-4-11(10)15(19)20/h5-7,10-11H,2-4H2,1H3,(H,19,20). The molecule has 1 aliphatic carbocycles. The fourth-order valence-corrected chi connectivity index (χ4v) is 2.88. The summed E-state index contributed by atoms with van der Waals surface area (Å²) in [5, 5.41) is 13.1. The number of aromatic nitrogens is 2. The molecule has 110 valence electrons. The first-order chi connectivity index (χ1) is 10.1. The Kier molecular flexibility index (Phi) is 3.45. The van der Waals surface area contributed by atoms with Crippen LogP contribution in [-0.2, 0) is 4.79 Å². The monoisotopic (exact) mass is 290 g/mol. The van der Waals surface area contributed by atoms with Gasteiger partial charge in [-0.1, -0.05) is 17.6 Å². The Balaban J connectivity index is 1.93. The molecule has 1 fully saturated rings. The van der Waals surface area contributed by atoms with E-state index in [9.17, 15) is 14.3 Å². The second kappa shape index (κ2) is 5.27. The molecule has 0 spiro atoms. The van der Waals surface area contributed by atoms with Crippen LogP contribution in [0.15, 0.2) is 22.7 Å². The van der Waals surface area contributed by atoms with Gasteiger partial charge in [0.15, 0.2) is 0 Å². The number of rotatable bonds is 3. The first-order valence-electron chi connectivity index (χ1n) is 6.89. The van der Waals surface area contributed by atoms with Crippen LogP contribution >= 0.6 is 0 Å². The number of halogens is 1. The van der Waals surface area contributed by atoms with E-state index < -0.39 is 11.9 Å². The van der Waals surface area contributed by atoms with Gasteiger partial charge in [0.25, 0.3) is 0 Å². The summed E-state index contributed by atoms with van der Waals surface area (Å²) in [5.41, 5.74) is 1.40. The Labute approximate surface area is 120 Å². The summed E-state index contributed by atoms with van der Waals surface area (Å²) in [4.78, 5) is 15.5. The van der Waals surface area contributed by atoms with Gasteiger partial charge in [-0.05, 0) is 37.5 Å². The highest BCUT2D eigenvalue weighted by molar-refractivity contribution is 5.71. The lowest BCUT2D eigenvalue weighted by Crippen LogP contribution is -2.17. The third kappa shape index (κ3) is 2.53. The molecule has 1 aromatic carbocycles. The zero-order valence-electron chi connectivity index (χ0n) is 11.5. The molecule has 0 radical (unpaired) electrons. The second-order valence-corrected chi connectivity index (χ2v) is 5.40. The summed E-state index contributed by atoms with van der Waals surface area (Å²) in [6.45, 7) is 1.83. The van der Waals surface area contributed by atoms with E-state index in [2.05, 4.69) is 10.1 Å². The Morgan fingerprint density at radius 3 is 3.00 bits per heavy atom. The smallest absolute Gasteiger partial charge is 0.307 e. The van der Waals surface area contributed by atoms with Gasteiger partial charge in [0, 0.05) is 5.56 Å². The normalized spacial score (nSPS) is 21.6. The van der Waals surface area contributed by atoms with Crippen molar-refractivity contribution in [3.8, 4) is 11.4 Å². The van der Waals surface area contributed by atoms with Crippen molar-refractivity contribution in [3.63, 3.8) is 0 Å². The van der Waals surface area contributed by atoms with Crippen molar-refractivity contribution in [2.75, 3.05) is 0 Å². The van der Waals surface area contributed by atoms with E-state index in [1.165, 1.54) is 12.1 Å². The molecule has 2 aromatic rings. The molecule has 0 aliphatic heterocycles. The highest BCUT2D eigenvalue weighted by Gasteiger charge is 2.37. The van der Waals surface area contributed by atoms with Crippen molar-refractivity contribution in [3.05, 3.63) is 35.5 Å². The first-order valence-corrected chi connectivity index (χ1v) is 6.89. The number of carboxylic acids is 1. The molecule has 5 nitrogen and oxygen atoms in total. The maximum Gasteiger partial charge on any atom is 0.307 e. The molecule has 1 heterocycles. The average molecular weight is 290 g/mol. The highest BCUT2D eigenvalue weighted by atomic mass is 19.1. The van der Waals surface area contributed by atoms with Crippen molar-refractivity contribution in [2.24, 2.45) is 5.92 Å². The number of carbonyl (C=O) groups is 1. The van der Waals surface area contributed by atoms with Gasteiger partial charge in [0.2, 0.25) is 11.7 Å². The molecule has 0 bridgehead atoms. The van der Waals surface area contributed by atoms with Gasteiger partial charge < -0.3 is 9.63 Å². The number of aliphatic carboxylic acids is 1. The Hall–Kier alpha value is -2.24. The SMILES string of the molecule is Cc1ccc(F)cc1-c1noc(C2CCCC2C(=O)O)n1. The van der Waals surface area contributed by atoms with Crippen LogP contribution in [0, 0.1) is 18.7 Å². The van der Waals surface area contributed by atoms with Crippen LogP contribution in [-0.4, -0.2) is 21.2 Å². The number of aryl methyl sites for hydroxylation is 1. The van der Waals surface area contributed by atoms with E-state index in [4.69, 9.17) is 4.52 Å². The molecule has 21 heavy (non-hydrogen) atoms. The number of carboxylic acid groups (broad SMARTS) is 1. The van der Waals surface area contributed by atoms with Crippen LogP contribution in [0.2, 0.25) is 0 Å². The van der Waals surface area contributed by atoms with E-state index in [1.807, 2.05) is 6.92 Å². The van der Waals surface area contributed by atoms with Crippen LogP contribution < -0.4 is 0 Å². The maximum atomic E-state index is 13.3. The zero-order chi connectivity index (χ0) is 15.0. The van der Waals surface area contributed by atoms with E-state index in [0.717, 1.165) is 18.4 Å². The van der Waals surface area contributed by atoms with Gasteiger partial charge in [-0.2, -0.15) is 4.98 Å². The fourth-order valence-electron chi connectivity index (χ4n) is 2.88. The van der Waals surface area contributed by atoms with Gasteiger partial charge >= 0.3 is 5.97 Å². The lowest BCUT2D eigenvalue weighted by Gasteiger charge is -2.10. The molecule has 1 saturated carbocycles. The third-order valence-electron chi connectivity index (χ3n) is 4.03. The molecule has 2 atom stereocenters. The van der Waals surface area contributed by atoms with Gasteiger partial charge in [0.1, 0.15) is 5.82 Å². The van der Waals surface area contributed by atoms with E-state index in [-0.39, 0.29) is 11.7 Å². The molecular weight excluding hydrogens is 275 g/mol. The quantitative estimate of drug-likeness (QED) is 0.939. The molecule has 1 aromatic heterocycles. The minimum Gasteiger partial charge on any atom is -0.481 e. The van der Waals surface area contributed by atoms with Crippen molar-refractivity contribution in [2.45, 2.75) is 32.1 Å². The van der Waals surface area contributed by atoms with Crippen LogP contribution in [0.3, 0.4) is 0 Å². The number of hydrogen-bond donors (Lipinski definition) is 1. The minimum atomic E-state index is -0.834. The van der Waals surface area contributed by atoms with Crippen molar-refractivity contribution >= 4 is 5.97 Å². The minimum absolute atomic E-state index is 0.252. The maximum absolute atomic E-state index is 13.3. The molecule has 0 amide bonds. The van der Waals surface area contributed by atoms with Gasteiger partial charge in [-0.3, -0.25) is 4.79 Å². The van der Waals surface area contributed by atoms with Gasteiger partial charge in [0.05, 0.1) is 11.8 Å². The Bertz CT molecular complexity index is 683.